The molecule has 1 heterocycles. The SMILES string of the molecule is CCCn1cc(C(NC)C2CCCCCCC2)cn1. The van der Waals surface area contributed by atoms with Gasteiger partial charge in [-0.3, -0.25) is 4.68 Å². The van der Waals surface area contributed by atoms with Crippen molar-refractivity contribution in [2.75, 3.05) is 7.05 Å². The van der Waals surface area contributed by atoms with Gasteiger partial charge in [0.1, 0.15) is 0 Å². The Hall–Kier alpha value is -0.830. The number of nitrogens with zero attached hydrogens (tertiary/aromatic N) is 2. The Labute approximate surface area is 117 Å². The van der Waals surface area contributed by atoms with E-state index in [1.807, 2.05) is 0 Å². The molecule has 1 fully saturated rings. The molecule has 1 aromatic rings. The van der Waals surface area contributed by atoms with Crippen molar-refractivity contribution in [1.82, 2.24) is 15.1 Å². The van der Waals surface area contributed by atoms with Gasteiger partial charge in [0.2, 0.25) is 0 Å². The molecular formula is C16H29N3. The Morgan fingerprint density at radius 2 is 1.95 bits per heavy atom. The van der Waals surface area contributed by atoms with E-state index in [2.05, 4.69) is 41.5 Å². The lowest BCUT2D eigenvalue weighted by Crippen LogP contribution is -2.25. The Bertz CT molecular complexity index is 351. The van der Waals surface area contributed by atoms with Gasteiger partial charge in [0.15, 0.2) is 0 Å². The molecule has 1 unspecified atom stereocenters. The van der Waals surface area contributed by atoms with E-state index < -0.39 is 0 Å². The molecule has 108 valence electrons. The van der Waals surface area contributed by atoms with Crippen molar-refractivity contribution in [1.29, 1.82) is 0 Å². The third-order valence-corrected chi connectivity index (χ3v) is 4.40. The minimum absolute atomic E-state index is 0.490. The van der Waals surface area contributed by atoms with Crippen molar-refractivity contribution < 1.29 is 0 Å². The van der Waals surface area contributed by atoms with Crippen LogP contribution in [-0.2, 0) is 6.54 Å². The van der Waals surface area contributed by atoms with Gasteiger partial charge >= 0.3 is 0 Å². The van der Waals surface area contributed by atoms with Gasteiger partial charge in [0.05, 0.1) is 6.20 Å². The van der Waals surface area contributed by atoms with E-state index in [4.69, 9.17) is 0 Å². The maximum Gasteiger partial charge on any atom is 0.0537 e. The van der Waals surface area contributed by atoms with Gasteiger partial charge in [-0.2, -0.15) is 5.10 Å². The molecule has 1 aliphatic carbocycles. The molecule has 1 aromatic heterocycles. The highest BCUT2D eigenvalue weighted by Crippen LogP contribution is 2.32. The van der Waals surface area contributed by atoms with Crippen LogP contribution in [0, 0.1) is 5.92 Å². The van der Waals surface area contributed by atoms with Crippen LogP contribution in [0.25, 0.3) is 0 Å². The van der Waals surface area contributed by atoms with Gasteiger partial charge < -0.3 is 5.32 Å². The predicted molar refractivity (Wildman–Crippen MR) is 80.1 cm³/mol. The summed E-state index contributed by atoms with van der Waals surface area (Å²) in [4.78, 5) is 0. The van der Waals surface area contributed by atoms with Crippen LogP contribution in [0.1, 0.15) is 69.9 Å². The summed E-state index contributed by atoms with van der Waals surface area (Å²) in [7, 11) is 2.10. The molecule has 1 saturated carbocycles. The van der Waals surface area contributed by atoms with Crippen molar-refractivity contribution in [3.63, 3.8) is 0 Å². The summed E-state index contributed by atoms with van der Waals surface area (Å²) >= 11 is 0. The quantitative estimate of drug-likeness (QED) is 0.872. The molecule has 0 radical (unpaired) electrons. The number of hydrogen-bond donors (Lipinski definition) is 1. The Morgan fingerprint density at radius 3 is 2.58 bits per heavy atom. The Morgan fingerprint density at radius 1 is 1.26 bits per heavy atom. The predicted octanol–water partition coefficient (Wildman–Crippen LogP) is 3.91. The van der Waals surface area contributed by atoms with Crippen LogP contribution in [0.5, 0.6) is 0 Å². The van der Waals surface area contributed by atoms with Crippen LogP contribution in [-0.4, -0.2) is 16.8 Å². The van der Waals surface area contributed by atoms with E-state index in [1.54, 1.807) is 0 Å². The van der Waals surface area contributed by atoms with Crippen LogP contribution in [0.15, 0.2) is 12.4 Å². The summed E-state index contributed by atoms with van der Waals surface area (Å²) in [5.74, 6) is 0.782. The minimum Gasteiger partial charge on any atom is -0.313 e. The summed E-state index contributed by atoms with van der Waals surface area (Å²) in [6.07, 6.45) is 15.2. The van der Waals surface area contributed by atoms with Gasteiger partial charge in [0, 0.05) is 24.3 Å². The summed E-state index contributed by atoms with van der Waals surface area (Å²) in [6.45, 7) is 3.23. The zero-order valence-corrected chi connectivity index (χ0v) is 12.6. The molecule has 3 heteroatoms. The van der Waals surface area contributed by atoms with E-state index in [0.29, 0.717) is 6.04 Å². The number of aryl methyl sites for hydroxylation is 1. The van der Waals surface area contributed by atoms with E-state index in [9.17, 15) is 0 Å². The fourth-order valence-electron chi connectivity index (χ4n) is 3.39. The Balaban J connectivity index is 2.03. The van der Waals surface area contributed by atoms with Crippen LogP contribution in [0.3, 0.4) is 0 Å². The summed E-state index contributed by atoms with van der Waals surface area (Å²) in [6, 6.07) is 0.490. The Kier molecular flexibility index (Phi) is 5.90. The molecular weight excluding hydrogens is 234 g/mol. The first-order valence-electron chi connectivity index (χ1n) is 8.04. The fraction of sp³-hybridized carbons (Fsp3) is 0.812. The molecule has 3 nitrogen and oxygen atoms in total. The van der Waals surface area contributed by atoms with E-state index in [1.165, 1.54) is 50.5 Å². The third kappa shape index (κ3) is 4.07. The highest BCUT2D eigenvalue weighted by molar-refractivity contribution is 5.11. The molecule has 19 heavy (non-hydrogen) atoms. The van der Waals surface area contributed by atoms with Gasteiger partial charge in [-0.15, -0.1) is 0 Å². The zero-order valence-electron chi connectivity index (χ0n) is 12.6. The van der Waals surface area contributed by atoms with Gasteiger partial charge in [-0.05, 0) is 32.2 Å². The highest BCUT2D eigenvalue weighted by Gasteiger charge is 2.23. The van der Waals surface area contributed by atoms with E-state index in [-0.39, 0.29) is 0 Å². The monoisotopic (exact) mass is 263 g/mol. The number of nitrogens with one attached hydrogen (secondary N) is 1. The van der Waals surface area contributed by atoms with E-state index in [0.717, 1.165) is 18.9 Å². The molecule has 0 aliphatic heterocycles. The second-order valence-electron chi connectivity index (χ2n) is 5.91. The van der Waals surface area contributed by atoms with Gasteiger partial charge in [0.25, 0.3) is 0 Å². The molecule has 1 atom stereocenters. The molecule has 0 spiro atoms. The maximum atomic E-state index is 4.49. The van der Waals surface area contributed by atoms with Crippen molar-refractivity contribution in [2.45, 2.75) is 70.9 Å². The van der Waals surface area contributed by atoms with Crippen LogP contribution in [0.2, 0.25) is 0 Å². The maximum absolute atomic E-state index is 4.49. The number of hydrogen-bond acceptors (Lipinski definition) is 2. The van der Waals surface area contributed by atoms with Crippen LogP contribution in [0.4, 0.5) is 0 Å². The highest BCUT2D eigenvalue weighted by atomic mass is 15.3. The van der Waals surface area contributed by atoms with Crippen molar-refractivity contribution in [3.05, 3.63) is 18.0 Å². The van der Waals surface area contributed by atoms with E-state index >= 15 is 0 Å². The first-order valence-corrected chi connectivity index (χ1v) is 8.04. The summed E-state index contributed by atoms with van der Waals surface area (Å²) in [5.41, 5.74) is 1.38. The molecule has 0 saturated heterocycles. The minimum atomic E-state index is 0.490. The third-order valence-electron chi connectivity index (χ3n) is 4.40. The molecule has 0 amide bonds. The first-order chi connectivity index (χ1) is 9.35. The molecule has 2 rings (SSSR count). The molecule has 1 N–H and O–H groups in total. The lowest BCUT2D eigenvalue weighted by molar-refractivity contribution is 0.299. The number of rotatable bonds is 5. The van der Waals surface area contributed by atoms with Crippen LogP contribution >= 0.6 is 0 Å². The smallest absolute Gasteiger partial charge is 0.0537 e. The van der Waals surface area contributed by atoms with Gasteiger partial charge in [-0.25, -0.2) is 0 Å². The second kappa shape index (κ2) is 7.68. The molecule has 0 bridgehead atoms. The second-order valence-corrected chi connectivity index (χ2v) is 5.91. The fourth-order valence-corrected chi connectivity index (χ4v) is 3.39. The average Bonchev–Trinajstić information content (AvgIpc) is 2.81. The molecule has 0 aromatic carbocycles. The normalized spacial score (nSPS) is 19.9. The lowest BCUT2D eigenvalue weighted by Gasteiger charge is -2.27. The van der Waals surface area contributed by atoms with Crippen molar-refractivity contribution >= 4 is 0 Å². The largest absolute Gasteiger partial charge is 0.313 e. The lowest BCUT2D eigenvalue weighted by atomic mass is 9.84. The standard InChI is InChI=1S/C16H29N3/c1-3-11-19-13-15(12-18-19)16(17-2)14-9-7-5-4-6-8-10-14/h12-14,16-17H,3-11H2,1-2H3. The molecule has 1 aliphatic rings. The average molecular weight is 263 g/mol. The van der Waals surface area contributed by atoms with Crippen molar-refractivity contribution in [3.8, 4) is 0 Å². The summed E-state index contributed by atoms with van der Waals surface area (Å²) < 4.78 is 2.09. The first kappa shape index (κ1) is 14.6. The van der Waals surface area contributed by atoms with Crippen LogP contribution < -0.4 is 5.32 Å². The topological polar surface area (TPSA) is 29.9 Å². The van der Waals surface area contributed by atoms with Gasteiger partial charge in [-0.1, -0.05) is 39.0 Å². The zero-order chi connectivity index (χ0) is 13.5. The number of aromatic nitrogens is 2. The van der Waals surface area contributed by atoms with Crippen molar-refractivity contribution in [2.24, 2.45) is 5.92 Å². The summed E-state index contributed by atoms with van der Waals surface area (Å²) in [5, 5.41) is 8.03.